The van der Waals surface area contributed by atoms with Gasteiger partial charge in [0.1, 0.15) is 6.07 Å². The number of nitriles is 1. The maximum atomic E-state index is 9.16. The molecule has 0 aliphatic carbocycles. The normalized spacial score (nSPS) is 12.4. The Labute approximate surface area is 75.0 Å². The Balaban J connectivity index is 2.69. The zero-order chi connectivity index (χ0) is 8.97. The van der Waals surface area contributed by atoms with Crippen molar-refractivity contribution in [3.63, 3.8) is 0 Å². The number of imidazole rings is 1. The number of aromatic nitrogens is 2. The summed E-state index contributed by atoms with van der Waals surface area (Å²) in [5, 5.41) is 17.7. The molecule has 0 aliphatic heterocycles. The van der Waals surface area contributed by atoms with Gasteiger partial charge in [-0.2, -0.15) is 5.26 Å². The molecule has 0 saturated heterocycles. The fraction of sp³-hybridized carbons (Fsp3) is 0.429. The summed E-state index contributed by atoms with van der Waals surface area (Å²) in [6.07, 6.45) is 2.52. The average Bonchev–Trinajstić information content (AvgIpc) is 2.51. The van der Waals surface area contributed by atoms with E-state index in [9.17, 15) is 0 Å². The molecule has 1 unspecified atom stereocenters. The molecule has 5 heteroatoms. The Hall–Kier alpha value is -1.05. The molecule has 0 fully saturated rings. The Morgan fingerprint density at radius 2 is 2.58 bits per heavy atom. The van der Waals surface area contributed by atoms with E-state index in [1.54, 1.807) is 10.8 Å². The van der Waals surface area contributed by atoms with E-state index in [0.29, 0.717) is 12.4 Å². The summed E-state index contributed by atoms with van der Waals surface area (Å²) < 4.78 is 1.56. The number of hydrogen-bond acceptors (Lipinski definition) is 3. The molecule has 0 saturated carbocycles. The Morgan fingerprint density at radius 3 is 3.17 bits per heavy atom. The first-order valence-electron chi connectivity index (χ1n) is 3.43. The standard InChI is InChI=1S/C7H8ClN3O/c8-3-6(12)5-11-2-1-10-7(11)4-9/h1-2,6,12H,3,5H2. The second-order valence-electron chi connectivity index (χ2n) is 2.32. The van der Waals surface area contributed by atoms with Crippen molar-refractivity contribution in [3.8, 4) is 6.07 Å². The predicted molar refractivity (Wildman–Crippen MR) is 43.7 cm³/mol. The van der Waals surface area contributed by atoms with Crippen LogP contribution in [-0.2, 0) is 6.54 Å². The van der Waals surface area contributed by atoms with Crippen LogP contribution in [0.15, 0.2) is 12.4 Å². The maximum Gasteiger partial charge on any atom is 0.212 e. The van der Waals surface area contributed by atoms with E-state index in [4.69, 9.17) is 22.0 Å². The van der Waals surface area contributed by atoms with Crippen LogP contribution in [0.1, 0.15) is 5.82 Å². The van der Waals surface area contributed by atoms with Crippen molar-refractivity contribution in [2.24, 2.45) is 0 Å². The van der Waals surface area contributed by atoms with Crippen molar-refractivity contribution in [3.05, 3.63) is 18.2 Å². The van der Waals surface area contributed by atoms with Gasteiger partial charge in [0.15, 0.2) is 0 Å². The largest absolute Gasteiger partial charge is 0.390 e. The van der Waals surface area contributed by atoms with E-state index in [-0.39, 0.29) is 5.88 Å². The molecular weight excluding hydrogens is 178 g/mol. The first kappa shape index (κ1) is 9.04. The van der Waals surface area contributed by atoms with Crippen LogP contribution in [0.2, 0.25) is 0 Å². The second-order valence-corrected chi connectivity index (χ2v) is 2.63. The van der Waals surface area contributed by atoms with Crippen molar-refractivity contribution in [2.45, 2.75) is 12.6 Å². The van der Waals surface area contributed by atoms with Gasteiger partial charge < -0.3 is 9.67 Å². The molecule has 0 aliphatic rings. The van der Waals surface area contributed by atoms with E-state index >= 15 is 0 Å². The zero-order valence-electron chi connectivity index (χ0n) is 6.31. The number of halogens is 1. The monoisotopic (exact) mass is 185 g/mol. The lowest BCUT2D eigenvalue weighted by Crippen LogP contribution is -2.17. The summed E-state index contributed by atoms with van der Waals surface area (Å²) in [5.41, 5.74) is 0. The topological polar surface area (TPSA) is 61.8 Å². The molecular formula is C7H8ClN3O. The van der Waals surface area contributed by atoms with Crippen LogP contribution >= 0.6 is 11.6 Å². The summed E-state index contributed by atoms with van der Waals surface area (Å²) in [7, 11) is 0. The first-order chi connectivity index (χ1) is 5.77. The van der Waals surface area contributed by atoms with Crippen LogP contribution in [0.25, 0.3) is 0 Å². The lowest BCUT2D eigenvalue weighted by atomic mass is 10.4. The molecule has 1 aromatic rings. The third kappa shape index (κ3) is 1.97. The lowest BCUT2D eigenvalue weighted by Gasteiger charge is -2.07. The minimum Gasteiger partial charge on any atom is -0.390 e. The molecule has 1 N–H and O–H groups in total. The number of nitrogens with zero attached hydrogens (tertiary/aromatic N) is 3. The number of aliphatic hydroxyl groups excluding tert-OH is 1. The SMILES string of the molecule is N#Cc1nccn1CC(O)CCl. The van der Waals surface area contributed by atoms with Crippen LogP contribution in [0.4, 0.5) is 0 Å². The number of hydrogen-bond donors (Lipinski definition) is 1. The Kier molecular flexibility index (Phi) is 3.09. The van der Waals surface area contributed by atoms with Crippen LogP contribution in [0.5, 0.6) is 0 Å². The molecule has 4 nitrogen and oxygen atoms in total. The quantitative estimate of drug-likeness (QED) is 0.692. The third-order valence-corrected chi connectivity index (χ3v) is 1.76. The first-order valence-corrected chi connectivity index (χ1v) is 3.96. The number of alkyl halides is 1. The van der Waals surface area contributed by atoms with Gasteiger partial charge in [0, 0.05) is 12.4 Å². The van der Waals surface area contributed by atoms with Crippen LogP contribution < -0.4 is 0 Å². The van der Waals surface area contributed by atoms with Gasteiger partial charge in [-0.3, -0.25) is 0 Å². The van der Waals surface area contributed by atoms with Crippen LogP contribution in [0.3, 0.4) is 0 Å². The molecule has 12 heavy (non-hydrogen) atoms. The van der Waals surface area contributed by atoms with Gasteiger partial charge in [-0.05, 0) is 0 Å². The second kappa shape index (κ2) is 4.10. The summed E-state index contributed by atoms with van der Waals surface area (Å²) in [4.78, 5) is 3.77. The summed E-state index contributed by atoms with van der Waals surface area (Å²) >= 11 is 5.40. The molecule has 0 bridgehead atoms. The molecule has 1 heterocycles. The predicted octanol–water partition coefficient (Wildman–Crippen LogP) is 0.354. The van der Waals surface area contributed by atoms with Crippen molar-refractivity contribution in [1.29, 1.82) is 5.26 Å². The summed E-state index contributed by atoms with van der Waals surface area (Å²) in [5.74, 6) is 0.447. The Bertz CT molecular complexity index is 291. The summed E-state index contributed by atoms with van der Waals surface area (Å²) in [6, 6.07) is 1.90. The van der Waals surface area contributed by atoms with Gasteiger partial charge in [0.25, 0.3) is 0 Å². The van der Waals surface area contributed by atoms with E-state index in [1.807, 2.05) is 6.07 Å². The highest BCUT2D eigenvalue weighted by molar-refractivity contribution is 6.18. The molecule has 1 rings (SSSR count). The van der Waals surface area contributed by atoms with Gasteiger partial charge >= 0.3 is 0 Å². The smallest absolute Gasteiger partial charge is 0.212 e. The highest BCUT2D eigenvalue weighted by Crippen LogP contribution is 1.99. The fourth-order valence-corrected chi connectivity index (χ4v) is 0.943. The Morgan fingerprint density at radius 1 is 1.83 bits per heavy atom. The zero-order valence-corrected chi connectivity index (χ0v) is 7.07. The van der Waals surface area contributed by atoms with E-state index < -0.39 is 6.10 Å². The van der Waals surface area contributed by atoms with Crippen molar-refractivity contribution < 1.29 is 5.11 Å². The molecule has 1 atom stereocenters. The number of rotatable bonds is 3. The average molecular weight is 186 g/mol. The molecule has 1 aromatic heterocycles. The highest BCUT2D eigenvalue weighted by atomic mass is 35.5. The van der Waals surface area contributed by atoms with Gasteiger partial charge in [0.05, 0.1) is 18.5 Å². The summed E-state index contributed by atoms with van der Waals surface area (Å²) in [6.45, 7) is 0.312. The van der Waals surface area contributed by atoms with Crippen LogP contribution in [0, 0.1) is 11.3 Å². The highest BCUT2D eigenvalue weighted by Gasteiger charge is 2.06. The van der Waals surface area contributed by atoms with Gasteiger partial charge in [-0.25, -0.2) is 4.98 Å². The molecule has 64 valence electrons. The number of aliphatic hydroxyl groups is 1. The van der Waals surface area contributed by atoms with E-state index in [1.165, 1.54) is 6.20 Å². The molecule has 0 spiro atoms. The molecule has 0 radical (unpaired) electrons. The minimum absolute atomic E-state index is 0.156. The third-order valence-electron chi connectivity index (χ3n) is 1.40. The van der Waals surface area contributed by atoms with Crippen molar-refractivity contribution in [2.75, 3.05) is 5.88 Å². The molecule has 0 amide bonds. The van der Waals surface area contributed by atoms with Gasteiger partial charge in [0.2, 0.25) is 5.82 Å². The fourth-order valence-electron chi connectivity index (χ4n) is 0.845. The van der Waals surface area contributed by atoms with Crippen molar-refractivity contribution >= 4 is 11.6 Å². The van der Waals surface area contributed by atoms with E-state index in [0.717, 1.165) is 0 Å². The molecule has 0 aromatic carbocycles. The maximum absolute atomic E-state index is 9.16. The lowest BCUT2D eigenvalue weighted by molar-refractivity contribution is 0.176. The van der Waals surface area contributed by atoms with Gasteiger partial charge in [-0.1, -0.05) is 0 Å². The minimum atomic E-state index is -0.632. The van der Waals surface area contributed by atoms with Crippen molar-refractivity contribution in [1.82, 2.24) is 9.55 Å². The van der Waals surface area contributed by atoms with E-state index in [2.05, 4.69) is 4.98 Å². The van der Waals surface area contributed by atoms with Crippen LogP contribution in [-0.4, -0.2) is 26.6 Å². The van der Waals surface area contributed by atoms with Gasteiger partial charge in [-0.15, -0.1) is 11.6 Å².